The Labute approximate surface area is 183 Å². The Morgan fingerprint density at radius 3 is 1.78 bits per heavy atom. The van der Waals surface area contributed by atoms with Crippen molar-refractivity contribution in [2.24, 2.45) is 0 Å². The summed E-state index contributed by atoms with van der Waals surface area (Å²) in [7, 11) is 0. The van der Waals surface area contributed by atoms with Gasteiger partial charge in [-0.2, -0.15) is 26.3 Å². The number of carbonyl (C=O) groups is 1. The average Bonchev–Trinajstić information content (AvgIpc) is 2.74. The van der Waals surface area contributed by atoms with E-state index in [4.69, 9.17) is 0 Å². The lowest BCUT2D eigenvalue weighted by molar-refractivity contribution is -0.138. The summed E-state index contributed by atoms with van der Waals surface area (Å²) >= 11 is 0. The highest BCUT2D eigenvalue weighted by Gasteiger charge is 2.31. The van der Waals surface area contributed by atoms with Crippen LogP contribution in [0.4, 0.5) is 26.3 Å². The van der Waals surface area contributed by atoms with Gasteiger partial charge < -0.3 is 5.32 Å². The molecule has 2 rings (SSSR count). The minimum atomic E-state index is -4.52. The van der Waals surface area contributed by atoms with E-state index >= 15 is 0 Å². The zero-order valence-electron chi connectivity index (χ0n) is 17.8. The summed E-state index contributed by atoms with van der Waals surface area (Å²) in [5, 5.41) is 2.79. The van der Waals surface area contributed by atoms with E-state index in [-0.39, 0.29) is 5.56 Å². The molecule has 2 aromatic carbocycles. The van der Waals surface area contributed by atoms with Crippen molar-refractivity contribution in [3.63, 3.8) is 0 Å². The molecule has 1 amide bonds. The molecule has 0 radical (unpaired) electrons. The van der Waals surface area contributed by atoms with Gasteiger partial charge in [0.05, 0.1) is 17.2 Å². The molecule has 174 valence electrons. The van der Waals surface area contributed by atoms with E-state index in [0.717, 1.165) is 61.2 Å². The molecular formula is C24H25F6NO. The molecule has 32 heavy (non-hydrogen) atoms. The Hall–Kier alpha value is -2.77. The third-order valence-electron chi connectivity index (χ3n) is 4.93. The molecule has 2 aromatic rings. The van der Waals surface area contributed by atoms with Crippen molar-refractivity contribution in [2.75, 3.05) is 0 Å². The van der Waals surface area contributed by atoms with Crippen LogP contribution in [0.1, 0.15) is 72.6 Å². The molecule has 0 aliphatic rings. The molecule has 0 bridgehead atoms. The Kier molecular flexibility index (Phi) is 8.52. The molecule has 0 saturated carbocycles. The van der Waals surface area contributed by atoms with Gasteiger partial charge in [0.15, 0.2) is 0 Å². The monoisotopic (exact) mass is 457 g/mol. The second-order valence-corrected chi connectivity index (χ2v) is 7.42. The van der Waals surface area contributed by atoms with Gasteiger partial charge >= 0.3 is 12.4 Å². The lowest BCUT2D eigenvalue weighted by atomic mass is 9.93. The number of allylic oxidation sites excluding steroid dienone is 1. The van der Waals surface area contributed by atoms with Crippen LogP contribution < -0.4 is 5.32 Å². The number of halogens is 6. The number of alkyl halides is 6. The van der Waals surface area contributed by atoms with Crippen LogP contribution in [0.2, 0.25) is 0 Å². The van der Waals surface area contributed by atoms with Gasteiger partial charge in [-0.3, -0.25) is 4.79 Å². The summed E-state index contributed by atoms with van der Waals surface area (Å²) in [6.45, 7) is 3.93. The van der Waals surface area contributed by atoms with Crippen molar-refractivity contribution in [3.05, 3.63) is 82.4 Å². The number of benzene rings is 2. The van der Waals surface area contributed by atoms with E-state index in [9.17, 15) is 31.1 Å². The second-order valence-electron chi connectivity index (χ2n) is 7.42. The van der Waals surface area contributed by atoms with Crippen LogP contribution in [0.3, 0.4) is 0 Å². The molecule has 0 heterocycles. The van der Waals surface area contributed by atoms with Gasteiger partial charge in [0, 0.05) is 5.56 Å². The first kappa shape index (κ1) is 25.5. The molecule has 1 atom stereocenters. The minimum Gasteiger partial charge on any atom is -0.341 e. The van der Waals surface area contributed by atoms with E-state index in [1.54, 1.807) is 0 Å². The molecule has 0 saturated heterocycles. The first-order valence-electron chi connectivity index (χ1n) is 10.3. The maximum Gasteiger partial charge on any atom is 0.416 e. The highest BCUT2D eigenvalue weighted by atomic mass is 19.4. The second kappa shape index (κ2) is 10.7. The number of hydrogen-bond acceptors (Lipinski definition) is 1. The van der Waals surface area contributed by atoms with Crippen LogP contribution in [-0.4, -0.2) is 5.91 Å². The van der Waals surface area contributed by atoms with Crippen LogP contribution >= 0.6 is 0 Å². The summed E-state index contributed by atoms with van der Waals surface area (Å²) in [6.07, 6.45) is -4.11. The zero-order valence-corrected chi connectivity index (χ0v) is 17.8. The molecular weight excluding hydrogens is 432 g/mol. The van der Waals surface area contributed by atoms with Crippen LogP contribution in [-0.2, 0) is 12.4 Å². The fourth-order valence-electron chi connectivity index (χ4n) is 3.26. The average molecular weight is 457 g/mol. The number of rotatable bonds is 8. The highest BCUT2D eigenvalue weighted by Crippen LogP contribution is 2.33. The molecule has 0 unspecified atom stereocenters. The lowest BCUT2D eigenvalue weighted by Gasteiger charge is -2.23. The van der Waals surface area contributed by atoms with Crippen molar-refractivity contribution in [2.45, 2.75) is 57.9 Å². The maximum absolute atomic E-state index is 13.0. The van der Waals surface area contributed by atoms with Crippen molar-refractivity contribution >= 4 is 5.91 Å². The molecule has 0 aliphatic carbocycles. The predicted octanol–water partition coefficient (Wildman–Crippen LogP) is 7.72. The van der Waals surface area contributed by atoms with Crippen molar-refractivity contribution in [3.8, 4) is 0 Å². The van der Waals surface area contributed by atoms with Gasteiger partial charge in [0.1, 0.15) is 0 Å². The molecule has 8 heteroatoms. The highest BCUT2D eigenvalue weighted by molar-refractivity contribution is 5.94. The summed E-state index contributed by atoms with van der Waals surface area (Å²) in [4.78, 5) is 12.8. The normalized spacial score (nSPS) is 13.7. The molecule has 1 N–H and O–H groups in total. The van der Waals surface area contributed by atoms with E-state index in [0.29, 0.717) is 12.0 Å². The fourth-order valence-corrected chi connectivity index (χ4v) is 3.26. The number of unbranched alkanes of at least 4 members (excludes halogenated alkanes) is 1. The third kappa shape index (κ3) is 6.87. The van der Waals surface area contributed by atoms with Gasteiger partial charge in [-0.25, -0.2) is 0 Å². The molecule has 2 nitrogen and oxygen atoms in total. The van der Waals surface area contributed by atoms with E-state index in [1.165, 1.54) is 12.1 Å². The largest absolute Gasteiger partial charge is 0.416 e. The quantitative estimate of drug-likeness (QED) is 0.319. The van der Waals surface area contributed by atoms with E-state index in [1.807, 2.05) is 19.9 Å². The summed E-state index contributed by atoms with van der Waals surface area (Å²) in [5.74, 6) is -0.609. The molecule has 0 spiro atoms. The Bertz CT molecular complexity index is 911. The van der Waals surface area contributed by atoms with Gasteiger partial charge in [-0.05, 0) is 60.4 Å². The van der Waals surface area contributed by atoms with E-state index < -0.39 is 35.4 Å². The fraction of sp³-hybridized carbons (Fsp3) is 0.375. The maximum atomic E-state index is 13.0. The first-order valence-corrected chi connectivity index (χ1v) is 10.3. The first-order chi connectivity index (χ1) is 15.0. The lowest BCUT2D eigenvalue weighted by Crippen LogP contribution is -2.30. The Morgan fingerprint density at radius 2 is 1.34 bits per heavy atom. The standard InChI is InChI=1S/C24H25F6NO/c1-3-5-7-16(6-4-2)21(17-8-12-19(13-9-17)23(25,26)27)31-22(32)18-10-14-20(15-11-18)24(28,29)30/h7-15,21H,3-6H2,1-2H3,(H,31,32)/b16-7+/t21-/m1/s1. The van der Waals surface area contributed by atoms with Crippen molar-refractivity contribution in [1.82, 2.24) is 5.32 Å². The summed E-state index contributed by atoms with van der Waals surface area (Å²) < 4.78 is 77.2. The zero-order chi connectivity index (χ0) is 23.9. The molecule has 0 aromatic heterocycles. The minimum absolute atomic E-state index is 0.0289. The number of carbonyl (C=O) groups excluding carboxylic acids is 1. The number of hydrogen-bond donors (Lipinski definition) is 1. The van der Waals surface area contributed by atoms with Gasteiger partial charge in [-0.1, -0.05) is 44.9 Å². The molecule has 0 fully saturated rings. The van der Waals surface area contributed by atoms with Crippen LogP contribution in [0, 0.1) is 0 Å². The Morgan fingerprint density at radius 1 is 0.844 bits per heavy atom. The van der Waals surface area contributed by atoms with Gasteiger partial charge in [-0.15, -0.1) is 0 Å². The van der Waals surface area contributed by atoms with Crippen molar-refractivity contribution < 1.29 is 31.1 Å². The van der Waals surface area contributed by atoms with Crippen molar-refractivity contribution in [1.29, 1.82) is 0 Å². The summed E-state index contributed by atoms with van der Waals surface area (Å²) in [5.41, 5.74) is -0.337. The topological polar surface area (TPSA) is 29.1 Å². The smallest absolute Gasteiger partial charge is 0.341 e. The third-order valence-corrected chi connectivity index (χ3v) is 4.93. The summed E-state index contributed by atoms with van der Waals surface area (Å²) in [6, 6.07) is 7.65. The van der Waals surface area contributed by atoms with Crippen LogP contribution in [0.15, 0.2) is 60.2 Å². The number of nitrogens with one attached hydrogen (secondary N) is 1. The Balaban J connectivity index is 2.38. The predicted molar refractivity (Wildman–Crippen MR) is 111 cm³/mol. The van der Waals surface area contributed by atoms with Gasteiger partial charge in [0.25, 0.3) is 5.91 Å². The van der Waals surface area contributed by atoms with E-state index in [2.05, 4.69) is 5.32 Å². The van der Waals surface area contributed by atoms with Crippen LogP contribution in [0.25, 0.3) is 0 Å². The van der Waals surface area contributed by atoms with Crippen LogP contribution in [0.5, 0.6) is 0 Å². The SMILES string of the molecule is CCC/C=C(\CCC)[C@@H](NC(=O)c1ccc(C(F)(F)F)cc1)c1ccc(C(F)(F)F)cc1. The number of amides is 1. The molecule has 0 aliphatic heterocycles. The van der Waals surface area contributed by atoms with Gasteiger partial charge in [0.2, 0.25) is 0 Å².